The average molecular weight is 441 g/mol. The molecule has 1 heterocycles. The fourth-order valence-corrected chi connectivity index (χ4v) is 4.69. The van der Waals surface area contributed by atoms with Crippen LogP contribution in [0.2, 0.25) is 0 Å². The standard InChI is InChI=1S/C25H32N2O3S/c1-17(2)23(27-24(28)20-8-4-6-18(3)14-20)25(29)26-21-9-5-7-19(15-21)16-31-22-10-12-30-13-11-22/h4-9,14-15,17,22-23H,10-13,16H2,1-3H3,(H,26,29)(H,27,28). The summed E-state index contributed by atoms with van der Waals surface area (Å²) in [5.74, 6) is 0.428. The van der Waals surface area contributed by atoms with Crippen LogP contribution in [0.3, 0.4) is 0 Å². The molecular formula is C25H32N2O3S. The Labute approximate surface area is 189 Å². The van der Waals surface area contributed by atoms with Gasteiger partial charge >= 0.3 is 0 Å². The second-order valence-electron chi connectivity index (χ2n) is 8.38. The van der Waals surface area contributed by atoms with Crippen molar-refractivity contribution < 1.29 is 14.3 Å². The predicted octanol–water partition coefficient (Wildman–Crippen LogP) is 4.80. The molecule has 0 spiro atoms. The van der Waals surface area contributed by atoms with Gasteiger partial charge in [0.2, 0.25) is 5.91 Å². The number of nitrogens with one attached hydrogen (secondary N) is 2. The SMILES string of the molecule is Cc1cccc(C(=O)NC(C(=O)Nc2cccc(CSC3CCOCC3)c2)C(C)C)c1. The predicted molar refractivity (Wildman–Crippen MR) is 127 cm³/mol. The summed E-state index contributed by atoms with van der Waals surface area (Å²) in [5.41, 5.74) is 3.50. The van der Waals surface area contributed by atoms with Crippen molar-refractivity contribution in [2.24, 2.45) is 5.92 Å². The molecule has 3 rings (SSSR count). The Balaban J connectivity index is 1.60. The topological polar surface area (TPSA) is 67.4 Å². The van der Waals surface area contributed by atoms with Crippen LogP contribution in [-0.4, -0.2) is 36.3 Å². The molecule has 0 aromatic heterocycles. The van der Waals surface area contributed by atoms with E-state index in [1.807, 2.05) is 68.9 Å². The van der Waals surface area contributed by atoms with Gasteiger partial charge in [0.1, 0.15) is 6.04 Å². The van der Waals surface area contributed by atoms with Gasteiger partial charge in [0.15, 0.2) is 0 Å². The molecule has 1 atom stereocenters. The van der Waals surface area contributed by atoms with E-state index in [0.717, 1.165) is 43.1 Å². The third-order valence-electron chi connectivity index (χ3n) is 5.36. The molecule has 1 aliphatic rings. The van der Waals surface area contributed by atoms with Gasteiger partial charge in [-0.25, -0.2) is 0 Å². The van der Waals surface area contributed by atoms with Gasteiger partial charge in [-0.1, -0.05) is 43.7 Å². The number of aryl methyl sites for hydroxylation is 1. The van der Waals surface area contributed by atoms with Crippen molar-refractivity contribution in [3.8, 4) is 0 Å². The van der Waals surface area contributed by atoms with Gasteiger partial charge in [-0.3, -0.25) is 9.59 Å². The van der Waals surface area contributed by atoms with Gasteiger partial charge in [0.25, 0.3) is 5.91 Å². The zero-order chi connectivity index (χ0) is 22.2. The number of anilines is 1. The minimum Gasteiger partial charge on any atom is -0.381 e. The highest BCUT2D eigenvalue weighted by Crippen LogP contribution is 2.26. The van der Waals surface area contributed by atoms with Crippen LogP contribution in [0.15, 0.2) is 48.5 Å². The Morgan fingerprint density at radius 3 is 2.55 bits per heavy atom. The maximum absolute atomic E-state index is 13.0. The molecule has 0 bridgehead atoms. The maximum atomic E-state index is 13.0. The van der Waals surface area contributed by atoms with Crippen molar-refractivity contribution in [1.29, 1.82) is 0 Å². The number of ether oxygens (including phenoxy) is 1. The van der Waals surface area contributed by atoms with Crippen molar-refractivity contribution in [2.45, 2.75) is 50.7 Å². The molecule has 2 N–H and O–H groups in total. The Morgan fingerprint density at radius 1 is 1.10 bits per heavy atom. The Morgan fingerprint density at radius 2 is 1.84 bits per heavy atom. The van der Waals surface area contributed by atoms with E-state index in [0.29, 0.717) is 10.8 Å². The fourth-order valence-electron chi connectivity index (χ4n) is 3.56. The lowest BCUT2D eigenvalue weighted by Gasteiger charge is -2.22. The monoisotopic (exact) mass is 440 g/mol. The zero-order valence-corrected chi connectivity index (χ0v) is 19.3. The highest BCUT2D eigenvalue weighted by molar-refractivity contribution is 7.99. The van der Waals surface area contributed by atoms with E-state index in [4.69, 9.17) is 4.74 Å². The quantitative estimate of drug-likeness (QED) is 0.619. The van der Waals surface area contributed by atoms with Crippen molar-refractivity contribution >= 4 is 29.3 Å². The Hall–Kier alpha value is -2.31. The highest BCUT2D eigenvalue weighted by atomic mass is 32.2. The van der Waals surface area contributed by atoms with Crippen LogP contribution in [0.25, 0.3) is 0 Å². The first-order chi connectivity index (χ1) is 14.9. The molecule has 2 aromatic rings. The van der Waals surface area contributed by atoms with Crippen molar-refractivity contribution in [1.82, 2.24) is 5.32 Å². The molecule has 2 aromatic carbocycles. The molecule has 1 fully saturated rings. The number of rotatable bonds is 8. The van der Waals surface area contributed by atoms with Gasteiger partial charge in [-0.15, -0.1) is 0 Å². The van der Waals surface area contributed by atoms with Crippen LogP contribution in [-0.2, 0) is 15.3 Å². The second-order valence-corrected chi connectivity index (χ2v) is 9.67. The molecule has 2 amide bonds. The van der Waals surface area contributed by atoms with Crippen LogP contribution in [0.4, 0.5) is 5.69 Å². The molecule has 1 saturated heterocycles. The normalized spacial score (nSPS) is 15.5. The van der Waals surface area contributed by atoms with E-state index in [1.54, 1.807) is 6.07 Å². The summed E-state index contributed by atoms with van der Waals surface area (Å²) in [4.78, 5) is 25.6. The Kier molecular flexibility index (Phi) is 8.55. The maximum Gasteiger partial charge on any atom is 0.251 e. The summed E-state index contributed by atoms with van der Waals surface area (Å²) >= 11 is 1.95. The number of hydrogen-bond acceptors (Lipinski definition) is 4. The first-order valence-electron chi connectivity index (χ1n) is 10.9. The van der Waals surface area contributed by atoms with Crippen molar-refractivity contribution in [3.05, 3.63) is 65.2 Å². The lowest BCUT2D eigenvalue weighted by molar-refractivity contribution is -0.118. The van der Waals surface area contributed by atoms with Crippen LogP contribution in [0, 0.1) is 12.8 Å². The molecule has 0 saturated carbocycles. The van der Waals surface area contributed by atoms with E-state index in [1.165, 1.54) is 5.56 Å². The second kappa shape index (κ2) is 11.3. The van der Waals surface area contributed by atoms with E-state index in [-0.39, 0.29) is 17.7 Å². The number of carbonyl (C=O) groups excluding carboxylic acids is 2. The summed E-state index contributed by atoms with van der Waals surface area (Å²) in [6, 6.07) is 14.7. The molecular weight excluding hydrogens is 408 g/mol. The first kappa shape index (κ1) is 23.4. The molecule has 5 nitrogen and oxygen atoms in total. The smallest absolute Gasteiger partial charge is 0.251 e. The summed E-state index contributed by atoms with van der Waals surface area (Å²) in [5, 5.41) is 6.52. The molecule has 0 radical (unpaired) electrons. The van der Waals surface area contributed by atoms with Crippen LogP contribution < -0.4 is 10.6 Å². The van der Waals surface area contributed by atoms with Crippen molar-refractivity contribution in [3.63, 3.8) is 0 Å². The largest absolute Gasteiger partial charge is 0.381 e. The number of hydrogen-bond donors (Lipinski definition) is 2. The van der Waals surface area contributed by atoms with Gasteiger partial charge < -0.3 is 15.4 Å². The van der Waals surface area contributed by atoms with Gasteiger partial charge in [-0.2, -0.15) is 11.8 Å². The average Bonchev–Trinajstić information content (AvgIpc) is 2.76. The first-order valence-corrected chi connectivity index (χ1v) is 11.9. The lowest BCUT2D eigenvalue weighted by atomic mass is 10.0. The minimum absolute atomic E-state index is 0.0407. The van der Waals surface area contributed by atoms with E-state index in [2.05, 4.69) is 16.7 Å². The van der Waals surface area contributed by atoms with E-state index >= 15 is 0 Å². The minimum atomic E-state index is -0.617. The van der Waals surface area contributed by atoms with Crippen LogP contribution >= 0.6 is 11.8 Å². The number of thioether (sulfide) groups is 1. The molecule has 166 valence electrons. The number of amides is 2. The van der Waals surface area contributed by atoms with Crippen LogP contribution in [0.1, 0.15) is 48.2 Å². The molecule has 1 unspecified atom stereocenters. The molecule has 1 aliphatic heterocycles. The highest BCUT2D eigenvalue weighted by Gasteiger charge is 2.25. The third kappa shape index (κ3) is 7.11. The van der Waals surface area contributed by atoms with Crippen LogP contribution in [0.5, 0.6) is 0 Å². The molecule has 31 heavy (non-hydrogen) atoms. The van der Waals surface area contributed by atoms with E-state index in [9.17, 15) is 9.59 Å². The lowest BCUT2D eigenvalue weighted by Crippen LogP contribution is -2.47. The summed E-state index contributed by atoms with van der Waals surface area (Å²) in [7, 11) is 0. The van der Waals surface area contributed by atoms with Gasteiger partial charge in [0, 0.05) is 35.5 Å². The zero-order valence-electron chi connectivity index (χ0n) is 18.5. The third-order valence-corrected chi connectivity index (χ3v) is 6.81. The number of benzene rings is 2. The summed E-state index contributed by atoms with van der Waals surface area (Å²) in [6.07, 6.45) is 2.19. The summed E-state index contributed by atoms with van der Waals surface area (Å²) < 4.78 is 5.43. The van der Waals surface area contributed by atoms with Gasteiger partial charge in [0.05, 0.1) is 0 Å². The summed E-state index contributed by atoms with van der Waals surface area (Å²) in [6.45, 7) is 7.50. The van der Waals surface area contributed by atoms with E-state index < -0.39 is 6.04 Å². The number of carbonyl (C=O) groups is 2. The Bertz CT molecular complexity index is 894. The molecule has 0 aliphatic carbocycles. The fraction of sp³-hybridized carbons (Fsp3) is 0.440. The van der Waals surface area contributed by atoms with Crippen molar-refractivity contribution in [2.75, 3.05) is 18.5 Å². The van der Waals surface area contributed by atoms with Gasteiger partial charge in [-0.05, 0) is 55.5 Å². The molecule has 6 heteroatoms.